The standard InChI is InChI=1S/C21H22N2O/c1-14-20(15(2)24-22-14)16-10-11-17-13-23(4)21(3,19(17)12-16)18-8-6-5-7-9-18/h5-12H,13H2,1-4H3. The van der Waals surface area contributed by atoms with Crippen molar-refractivity contribution in [2.75, 3.05) is 7.05 Å². The van der Waals surface area contributed by atoms with E-state index in [-0.39, 0.29) is 5.54 Å². The van der Waals surface area contributed by atoms with E-state index in [4.69, 9.17) is 4.52 Å². The Morgan fingerprint density at radius 1 is 1.08 bits per heavy atom. The summed E-state index contributed by atoms with van der Waals surface area (Å²) >= 11 is 0. The van der Waals surface area contributed by atoms with Gasteiger partial charge in [0, 0.05) is 12.1 Å². The van der Waals surface area contributed by atoms with E-state index in [1.165, 1.54) is 22.3 Å². The second-order valence-corrected chi connectivity index (χ2v) is 6.87. The summed E-state index contributed by atoms with van der Waals surface area (Å²) in [5.74, 6) is 0.875. The van der Waals surface area contributed by atoms with Gasteiger partial charge in [-0.2, -0.15) is 0 Å². The predicted octanol–water partition coefficient (Wildman–Crippen LogP) is 4.67. The van der Waals surface area contributed by atoms with Crippen molar-refractivity contribution in [3.05, 3.63) is 76.7 Å². The zero-order chi connectivity index (χ0) is 16.9. The van der Waals surface area contributed by atoms with E-state index in [0.717, 1.165) is 23.6 Å². The Balaban J connectivity index is 1.91. The van der Waals surface area contributed by atoms with Gasteiger partial charge in [0.05, 0.1) is 11.2 Å². The molecule has 2 aromatic carbocycles. The zero-order valence-electron chi connectivity index (χ0n) is 14.6. The van der Waals surface area contributed by atoms with Gasteiger partial charge in [-0.3, -0.25) is 4.90 Å². The number of hydrogen-bond acceptors (Lipinski definition) is 3. The Bertz CT molecular complexity index is 878. The molecule has 3 aromatic rings. The van der Waals surface area contributed by atoms with Gasteiger partial charge in [-0.1, -0.05) is 47.6 Å². The van der Waals surface area contributed by atoms with Crippen molar-refractivity contribution < 1.29 is 4.52 Å². The summed E-state index contributed by atoms with van der Waals surface area (Å²) in [7, 11) is 2.20. The van der Waals surface area contributed by atoms with E-state index in [2.05, 4.69) is 72.6 Å². The maximum atomic E-state index is 5.37. The largest absolute Gasteiger partial charge is 0.361 e. The van der Waals surface area contributed by atoms with Crippen LogP contribution in [0.3, 0.4) is 0 Å². The average Bonchev–Trinajstić information content (AvgIpc) is 3.06. The summed E-state index contributed by atoms with van der Waals surface area (Å²) in [6.07, 6.45) is 0. The topological polar surface area (TPSA) is 29.3 Å². The van der Waals surface area contributed by atoms with Crippen LogP contribution < -0.4 is 0 Å². The average molecular weight is 318 g/mol. The van der Waals surface area contributed by atoms with Crippen LogP contribution in [0.25, 0.3) is 11.1 Å². The van der Waals surface area contributed by atoms with Crippen molar-refractivity contribution in [2.24, 2.45) is 0 Å². The lowest BCUT2D eigenvalue weighted by atomic mass is 9.83. The first kappa shape index (κ1) is 15.2. The van der Waals surface area contributed by atoms with Gasteiger partial charge in [0.15, 0.2) is 0 Å². The molecule has 0 saturated carbocycles. The molecule has 0 spiro atoms. The molecule has 0 fully saturated rings. The van der Waals surface area contributed by atoms with Gasteiger partial charge in [-0.15, -0.1) is 0 Å². The molecule has 2 heterocycles. The molecule has 4 rings (SSSR count). The molecule has 0 aliphatic carbocycles. The van der Waals surface area contributed by atoms with Crippen molar-refractivity contribution in [1.29, 1.82) is 0 Å². The first-order valence-corrected chi connectivity index (χ1v) is 8.35. The normalized spacial score (nSPS) is 20.3. The van der Waals surface area contributed by atoms with Crippen molar-refractivity contribution in [2.45, 2.75) is 32.9 Å². The number of nitrogens with zero attached hydrogens (tertiary/aromatic N) is 2. The number of benzene rings is 2. The van der Waals surface area contributed by atoms with E-state index < -0.39 is 0 Å². The molecule has 1 atom stereocenters. The third-order valence-corrected chi connectivity index (χ3v) is 5.46. The molecule has 1 aromatic heterocycles. The first-order chi connectivity index (χ1) is 11.5. The highest BCUT2D eigenvalue weighted by molar-refractivity contribution is 5.70. The van der Waals surface area contributed by atoms with E-state index >= 15 is 0 Å². The number of fused-ring (bicyclic) bond motifs is 1. The SMILES string of the molecule is Cc1noc(C)c1-c1ccc2c(c1)C(C)(c1ccccc1)N(C)C2. The van der Waals surface area contributed by atoms with Crippen LogP contribution in [0.4, 0.5) is 0 Å². The third kappa shape index (κ3) is 2.05. The highest BCUT2D eigenvalue weighted by Gasteiger charge is 2.40. The van der Waals surface area contributed by atoms with E-state index in [0.29, 0.717) is 0 Å². The van der Waals surface area contributed by atoms with Gasteiger partial charge in [0.25, 0.3) is 0 Å². The quantitative estimate of drug-likeness (QED) is 0.688. The molecular weight excluding hydrogens is 296 g/mol. The molecule has 0 N–H and O–H groups in total. The minimum Gasteiger partial charge on any atom is -0.361 e. The third-order valence-electron chi connectivity index (χ3n) is 5.46. The highest BCUT2D eigenvalue weighted by atomic mass is 16.5. The second-order valence-electron chi connectivity index (χ2n) is 6.87. The van der Waals surface area contributed by atoms with Crippen LogP contribution in [0.1, 0.15) is 35.1 Å². The second kappa shape index (κ2) is 5.32. The van der Waals surface area contributed by atoms with Gasteiger partial charge in [-0.05, 0) is 56.1 Å². The summed E-state index contributed by atoms with van der Waals surface area (Å²) in [5.41, 5.74) is 7.20. The fourth-order valence-electron chi connectivity index (χ4n) is 3.98. The van der Waals surface area contributed by atoms with E-state index in [1.54, 1.807) is 0 Å². The Morgan fingerprint density at radius 3 is 2.50 bits per heavy atom. The Kier molecular flexibility index (Phi) is 3.36. The summed E-state index contributed by atoms with van der Waals surface area (Å²) in [6, 6.07) is 17.5. The Morgan fingerprint density at radius 2 is 1.83 bits per heavy atom. The van der Waals surface area contributed by atoms with Crippen LogP contribution in [0.15, 0.2) is 53.1 Å². The van der Waals surface area contributed by atoms with Crippen molar-refractivity contribution in [1.82, 2.24) is 10.1 Å². The summed E-state index contributed by atoms with van der Waals surface area (Å²) < 4.78 is 5.37. The fourth-order valence-corrected chi connectivity index (χ4v) is 3.98. The minimum atomic E-state index is -0.119. The molecule has 0 saturated heterocycles. The van der Waals surface area contributed by atoms with Crippen LogP contribution in [0.5, 0.6) is 0 Å². The number of rotatable bonds is 2. The number of aryl methyl sites for hydroxylation is 2. The zero-order valence-corrected chi connectivity index (χ0v) is 14.6. The number of hydrogen-bond donors (Lipinski definition) is 0. The number of aromatic nitrogens is 1. The van der Waals surface area contributed by atoms with Crippen LogP contribution in [0.2, 0.25) is 0 Å². The molecule has 0 amide bonds. The molecule has 3 nitrogen and oxygen atoms in total. The maximum Gasteiger partial charge on any atom is 0.141 e. The molecule has 122 valence electrons. The molecule has 1 aliphatic heterocycles. The minimum absolute atomic E-state index is 0.119. The predicted molar refractivity (Wildman–Crippen MR) is 95.8 cm³/mol. The first-order valence-electron chi connectivity index (χ1n) is 8.35. The Hall–Kier alpha value is -2.39. The van der Waals surface area contributed by atoms with Gasteiger partial charge < -0.3 is 4.52 Å². The summed E-state index contributed by atoms with van der Waals surface area (Å²) in [6.45, 7) is 7.25. The van der Waals surface area contributed by atoms with Gasteiger partial charge >= 0.3 is 0 Å². The van der Waals surface area contributed by atoms with Crippen molar-refractivity contribution >= 4 is 0 Å². The molecule has 1 unspecified atom stereocenters. The highest BCUT2D eigenvalue weighted by Crippen LogP contribution is 2.44. The lowest BCUT2D eigenvalue weighted by Gasteiger charge is -2.34. The lowest BCUT2D eigenvalue weighted by Crippen LogP contribution is -2.36. The summed E-state index contributed by atoms with van der Waals surface area (Å²) in [5, 5.41) is 4.11. The lowest BCUT2D eigenvalue weighted by molar-refractivity contribution is 0.201. The Labute approximate surface area is 142 Å². The monoisotopic (exact) mass is 318 g/mol. The van der Waals surface area contributed by atoms with Crippen LogP contribution in [0, 0.1) is 13.8 Å². The summed E-state index contributed by atoms with van der Waals surface area (Å²) in [4.78, 5) is 2.42. The molecule has 24 heavy (non-hydrogen) atoms. The van der Waals surface area contributed by atoms with Crippen molar-refractivity contribution in [3.8, 4) is 11.1 Å². The molecule has 3 heteroatoms. The van der Waals surface area contributed by atoms with Gasteiger partial charge in [-0.25, -0.2) is 0 Å². The van der Waals surface area contributed by atoms with E-state index in [9.17, 15) is 0 Å². The van der Waals surface area contributed by atoms with E-state index in [1.807, 2.05) is 13.8 Å². The molecule has 0 radical (unpaired) electrons. The van der Waals surface area contributed by atoms with Crippen LogP contribution in [-0.4, -0.2) is 17.1 Å². The fraction of sp³-hybridized carbons (Fsp3) is 0.286. The smallest absolute Gasteiger partial charge is 0.141 e. The van der Waals surface area contributed by atoms with Crippen LogP contribution in [-0.2, 0) is 12.1 Å². The van der Waals surface area contributed by atoms with Gasteiger partial charge in [0.2, 0.25) is 0 Å². The van der Waals surface area contributed by atoms with Gasteiger partial charge in [0.1, 0.15) is 5.76 Å². The molecule has 1 aliphatic rings. The van der Waals surface area contributed by atoms with Crippen LogP contribution >= 0.6 is 0 Å². The molecular formula is C21H22N2O. The molecule has 0 bridgehead atoms. The van der Waals surface area contributed by atoms with Crippen molar-refractivity contribution in [3.63, 3.8) is 0 Å². The maximum absolute atomic E-state index is 5.37.